The highest BCUT2D eigenvalue weighted by atomic mass is 35.5. The number of aryl methyl sites for hydroxylation is 1. The molecule has 0 aliphatic carbocycles. The van der Waals surface area contributed by atoms with E-state index in [-0.39, 0.29) is 17.8 Å². The maximum absolute atomic E-state index is 10.4. The third-order valence-corrected chi connectivity index (χ3v) is 6.09. The van der Waals surface area contributed by atoms with Gasteiger partial charge in [-0.05, 0) is 75.0 Å². The standard InChI is InChI=1S/C22H23ClN4OS/c1-4-26-21(20(25-22(26)29)17-7-5-6-10-24-17)16-11-13(2)27(14(16)3)18-12-15(23)8-9-19(18)28/h5-12,20-21,28H,4H2,1-3H3,(H,25,29)/t20-,21-/m0/s1. The Bertz CT molecular complexity index is 1070. The number of thiocarbonyl (C=S) groups is 1. The molecule has 0 unspecified atom stereocenters. The number of halogens is 1. The topological polar surface area (TPSA) is 53.3 Å². The Morgan fingerprint density at radius 2 is 2.00 bits per heavy atom. The molecule has 1 aliphatic heterocycles. The number of nitrogens with zero attached hydrogens (tertiary/aromatic N) is 3. The van der Waals surface area contributed by atoms with E-state index >= 15 is 0 Å². The Kier molecular flexibility index (Phi) is 5.23. The van der Waals surface area contributed by atoms with E-state index < -0.39 is 0 Å². The van der Waals surface area contributed by atoms with Gasteiger partial charge < -0.3 is 19.9 Å². The zero-order valence-corrected chi connectivity index (χ0v) is 18.1. The second-order valence-corrected chi connectivity index (χ2v) is 8.03. The molecule has 3 heterocycles. The van der Waals surface area contributed by atoms with Gasteiger partial charge >= 0.3 is 0 Å². The third kappa shape index (κ3) is 3.36. The molecule has 1 saturated heterocycles. The average Bonchev–Trinajstić information content (AvgIpc) is 3.19. The summed E-state index contributed by atoms with van der Waals surface area (Å²) in [6.45, 7) is 6.98. The number of likely N-dealkylation sites (N-methyl/N-ethyl adjacent to an activating group) is 1. The zero-order valence-electron chi connectivity index (χ0n) is 16.6. The van der Waals surface area contributed by atoms with Crippen molar-refractivity contribution in [2.75, 3.05) is 6.54 Å². The van der Waals surface area contributed by atoms with E-state index in [0.717, 1.165) is 34.3 Å². The molecule has 2 atom stereocenters. The van der Waals surface area contributed by atoms with Crippen LogP contribution in [0.1, 0.15) is 41.7 Å². The molecule has 0 radical (unpaired) electrons. The molecular formula is C22H23ClN4OS. The lowest BCUT2D eigenvalue weighted by Crippen LogP contribution is -2.29. The number of phenols is 1. The van der Waals surface area contributed by atoms with Crippen molar-refractivity contribution in [3.05, 3.63) is 76.3 Å². The molecule has 0 saturated carbocycles. The fraction of sp³-hybridized carbons (Fsp3) is 0.273. The minimum atomic E-state index is -0.0504. The summed E-state index contributed by atoms with van der Waals surface area (Å²) in [5.74, 6) is 0.191. The fourth-order valence-corrected chi connectivity index (χ4v) is 4.75. The lowest BCUT2D eigenvalue weighted by molar-refractivity contribution is 0.329. The lowest BCUT2D eigenvalue weighted by atomic mass is 9.97. The highest BCUT2D eigenvalue weighted by Gasteiger charge is 2.40. The van der Waals surface area contributed by atoms with Gasteiger partial charge in [0, 0.05) is 29.2 Å². The number of aromatic nitrogens is 2. The van der Waals surface area contributed by atoms with Crippen LogP contribution in [-0.2, 0) is 0 Å². The number of aromatic hydroxyl groups is 1. The minimum Gasteiger partial charge on any atom is -0.506 e. The Morgan fingerprint density at radius 1 is 1.21 bits per heavy atom. The summed E-state index contributed by atoms with van der Waals surface area (Å²) in [7, 11) is 0. The van der Waals surface area contributed by atoms with E-state index in [2.05, 4.69) is 35.1 Å². The second-order valence-electron chi connectivity index (χ2n) is 7.21. The quantitative estimate of drug-likeness (QED) is 0.584. The zero-order chi connectivity index (χ0) is 20.7. The van der Waals surface area contributed by atoms with Crippen LogP contribution in [0.25, 0.3) is 5.69 Å². The normalized spacial score (nSPS) is 18.9. The molecule has 0 amide bonds. The minimum absolute atomic E-state index is 0.00340. The average molecular weight is 427 g/mol. The Labute approximate surface area is 180 Å². The van der Waals surface area contributed by atoms with Crippen LogP contribution in [0, 0.1) is 13.8 Å². The third-order valence-electron chi connectivity index (χ3n) is 5.51. The number of nitrogens with one attached hydrogen (secondary N) is 1. The van der Waals surface area contributed by atoms with Crippen molar-refractivity contribution in [1.82, 2.24) is 19.8 Å². The highest BCUT2D eigenvalue weighted by Crippen LogP contribution is 2.41. The number of benzene rings is 1. The van der Waals surface area contributed by atoms with E-state index in [1.807, 2.05) is 29.7 Å². The Balaban J connectivity index is 1.86. The van der Waals surface area contributed by atoms with Crippen LogP contribution in [0.3, 0.4) is 0 Å². The van der Waals surface area contributed by atoms with Crippen molar-refractivity contribution >= 4 is 28.9 Å². The number of pyridine rings is 1. The summed E-state index contributed by atoms with van der Waals surface area (Å²) in [4.78, 5) is 6.76. The van der Waals surface area contributed by atoms with E-state index in [0.29, 0.717) is 10.7 Å². The van der Waals surface area contributed by atoms with Gasteiger partial charge in [-0.2, -0.15) is 0 Å². The Hall–Kier alpha value is -2.57. The summed E-state index contributed by atoms with van der Waals surface area (Å²) in [5, 5.41) is 15.2. The second kappa shape index (κ2) is 7.69. The molecule has 7 heteroatoms. The van der Waals surface area contributed by atoms with Gasteiger partial charge in [0.05, 0.1) is 23.5 Å². The van der Waals surface area contributed by atoms with E-state index in [9.17, 15) is 5.11 Å². The first-order valence-corrected chi connectivity index (χ1v) is 10.4. The van der Waals surface area contributed by atoms with Crippen LogP contribution in [0.4, 0.5) is 0 Å². The SMILES string of the molecule is CCN1C(=S)N[C@@H](c2ccccn2)[C@@H]1c1cc(C)n(-c2cc(Cl)ccc2O)c1C. The van der Waals surface area contributed by atoms with Crippen molar-refractivity contribution in [2.45, 2.75) is 32.9 Å². The van der Waals surface area contributed by atoms with Crippen molar-refractivity contribution in [3.63, 3.8) is 0 Å². The summed E-state index contributed by atoms with van der Waals surface area (Å²) < 4.78 is 2.04. The molecule has 0 spiro atoms. The summed E-state index contributed by atoms with van der Waals surface area (Å²) in [6, 6.07) is 13.1. The molecule has 1 aliphatic rings. The van der Waals surface area contributed by atoms with Gasteiger partial charge in [-0.1, -0.05) is 17.7 Å². The first-order valence-electron chi connectivity index (χ1n) is 9.58. The molecular weight excluding hydrogens is 404 g/mol. The molecule has 2 N–H and O–H groups in total. The summed E-state index contributed by atoms with van der Waals surface area (Å²) >= 11 is 11.8. The maximum Gasteiger partial charge on any atom is 0.170 e. The van der Waals surface area contributed by atoms with Crippen LogP contribution in [0.15, 0.2) is 48.7 Å². The Morgan fingerprint density at radius 3 is 2.69 bits per heavy atom. The van der Waals surface area contributed by atoms with E-state index in [4.69, 9.17) is 23.8 Å². The van der Waals surface area contributed by atoms with Crippen molar-refractivity contribution in [2.24, 2.45) is 0 Å². The van der Waals surface area contributed by atoms with E-state index in [1.165, 1.54) is 0 Å². The van der Waals surface area contributed by atoms with Crippen LogP contribution < -0.4 is 5.32 Å². The molecule has 3 aromatic rings. The van der Waals surface area contributed by atoms with Gasteiger partial charge in [0.15, 0.2) is 5.11 Å². The van der Waals surface area contributed by atoms with Gasteiger partial charge in [0.25, 0.3) is 0 Å². The summed E-state index contributed by atoms with van der Waals surface area (Å²) in [5.41, 5.74) is 4.82. The first kappa shape index (κ1) is 19.7. The first-order chi connectivity index (χ1) is 13.9. The number of rotatable bonds is 4. The summed E-state index contributed by atoms with van der Waals surface area (Å²) in [6.07, 6.45) is 1.80. The van der Waals surface area contributed by atoms with Crippen LogP contribution in [-0.4, -0.2) is 31.2 Å². The van der Waals surface area contributed by atoms with Crippen LogP contribution in [0.2, 0.25) is 5.02 Å². The predicted octanol–water partition coefficient (Wildman–Crippen LogP) is 4.84. The van der Waals surface area contributed by atoms with Crippen molar-refractivity contribution < 1.29 is 5.11 Å². The largest absolute Gasteiger partial charge is 0.506 e. The number of hydrogen-bond donors (Lipinski definition) is 2. The van der Waals surface area contributed by atoms with Gasteiger partial charge in [0.2, 0.25) is 0 Å². The van der Waals surface area contributed by atoms with Gasteiger partial charge in [-0.15, -0.1) is 0 Å². The van der Waals surface area contributed by atoms with Gasteiger partial charge in [-0.3, -0.25) is 4.98 Å². The fourth-order valence-electron chi connectivity index (χ4n) is 4.22. The smallest absolute Gasteiger partial charge is 0.170 e. The number of hydrogen-bond acceptors (Lipinski definition) is 3. The molecule has 4 rings (SSSR count). The monoisotopic (exact) mass is 426 g/mol. The molecule has 1 fully saturated rings. The molecule has 150 valence electrons. The molecule has 0 bridgehead atoms. The van der Waals surface area contributed by atoms with Crippen molar-refractivity contribution in [1.29, 1.82) is 0 Å². The molecule has 29 heavy (non-hydrogen) atoms. The predicted molar refractivity (Wildman–Crippen MR) is 120 cm³/mol. The van der Waals surface area contributed by atoms with Gasteiger partial charge in [-0.25, -0.2) is 0 Å². The molecule has 1 aromatic carbocycles. The highest BCUT2D eigenvalue weighted by molar-refractivity contribution is 7.80. The number of phenolic OH excluding ortho intramolecular Hbond substituents is 1. The van der Waals surface area contributed by atoms with Crippen LogP contribution >= 0.6 is 23.8 Å². The maximum atomic E-state index is 10.4. The molecule has 5 nitrogen and oxygen atoms in total. The van der Waals surface area contributed by atoms with Crippen molar-refractivity contribution in [3.8, 4) is 11.4 Å². The lowest BCUT2D eigenvalue weighted by Gasteiger charge is -2.27. The van der Waals surface area contributed by atoms with Gasteiger partial charge in [0.1, 0.15) is 5.75 Å². The van der Waals surface area contributed by atoms with E-state index in [1.54, 1.807) is 24.4 Å². The molecule has 2 aromatic heterocycles. The van der Waals surface area contributed by atoms with Crippen LogP contribution in [0.5, 0.6) is 5.75 Å².